The highest BCUT2D eigenvalue weighted by Gasteiger charge is 2.35. The van der Waals surface area contributed by atoms with E-state index < -0.39 is 17.4 Å². The van der Waals surface area contributed by atoms with Crippen LogP contribution in [0.5, 0.6) is 11.6 Å². The number of imidazole rings is 1. The molecule has 0 amide bonds. The van der Waals surface area contributed by atoms with Crippen LogP contribution < -0.4 is 16.1 Å². The molecule has 0 saturated heterocycles. The number of halogens is 3. The van der Waals surface area contributed by atoms with E-state index in [1.54, 1.807) is 6.92 Å². The maximum absolute atomic E-state index is 13.7. The number of benzene rings is 1. The van der Waals surface area contributed by atoms with E-state index in [0.717, 1.165) is 0 Å². The fourth-order valence-corrected chi connectivity index (χ4v) is 4.27. The van der Waals surface area contributed by atoms with E-state index in [1.807, 2.05) is 13.8 Å². The Balaban J connectivity index is 1.83. The largest absolute Gasteiger partial charge is 0.493 e. The number of H-pyrrole nitrogens is 1. The fourth-order valence-electron chi connectivity index (χ4n) is 4.27. The van der Waals surface area contributed by atoms with Crippen LogP contribution in [0, 0.1) is 6.92 Å². The highest BCUT2D eigenvalue weighted by molar-refractivity contribution is 5.87. The van der Waals surface area contributed by atoms with Gasteiger partial charge in [0.15, 0.2) is 0 Å². The van der Waals surface area contributed by atoms with Gasteiger partial charge in [-0.1, -0.05) is 26.7 Å². The number of unbranched alkanes of at least 4 members (excludes halogenated alkanes) is 2. The number of aromatic amines is 1. The average Bonchev–Trinajstić information content (AvgIpc) is 3.02. The zero-order valence-electron chi connectivity index (χ0n) is 20.2. The summed E-state index contributed by atoms with van der Waals surface area (Å²) < 4.78 is 53.7. The number of aryl methyl sites for hydroxylation is 3. The Labute approximate surface area is 200 Å². The third-order valence-corrected chi connectivity index (χ3v) is 5.89. The van der Waals surface area contributed by atoms with Gasteiger partial charge >= 0.3 is 17.5 Å². The number of ether oxygens (including phenoxy) is 1. The number of aromatic nitrogens is 2. The van der Waals surface area contributed by atoms with Gasteiger partial charge in [-0.3, -0.25) is 4.57 Å². The van der Waals surface area contributed by atoms with Crippen LogP contribution in [0.1, 0.15) is 68.3 Å². The molecule has 0 saturated carbocycles. The van der Waals surface area contributed by atoms with E-state index >= 15 is 0 Å². The minimum absolute atomic E-state index is 0.0702. The van der Waals surface area contributed by atoms with Gasteiger partial charge in [-0.05, 0) is 50.7 Å². The lowest BCUT2D eigenvalue weighted by Crippen LogP contribution is -2.16. The van der Waals surface area contributed by atoms with Crippen molar-refractivity contribution in [3.05, 3.63) is 55.4 Å². The number of alkyl halides is 3. The molecule has 0 bridgehead atoms. The van der Waals surface area contributed by atoms with Crippen LogP contribution in [0.25, 0.3) is 11.0 Å². The molecule has 0 unspecified atom stereocenters. The first-order chi connectivity index (χ1) is 16.6. The van der Waals surface area contributed by atoms with E-state index in [-0.39, 0.29) is 22.5 Å². The zero-order chi connectivity index (χ0) is 25.8. The lowest BCUT2D eigenvalue weighted by molar-refractivity contribution is -0.136. The van der Waals surface area contributed by atoms with Gasteiger partial charge in [0.05, 0.1) is 17.9 Å². The van der Waals surface area contributed by atoms with E-state index in [4.69, 9.17) is 9.15 Å². The Morgan fingerprint density at radius 2 is 1.80 bits per heavy atom. The van der Waals surface area contributed by atoms with Crippen molar-refractivity contribution in [3.63, 3.8) is 0 Å². The van der Waals surface area contributed by atoms with Gasteiger partial charge < -0.3 is 19.2 Å². The molecule has 0 atom stereocenters. The van der Waals surface area contributed by atoms with Crippen LogP contribution in [0.4, 0.5) is 13.2 Å². The van der Waals surface area contributed by atoms with Crippen molar-refractivity contribution in [1.29, 1.82) is 0 Å². The first-order valence-corrected chi connectivity index (χ1v) is 11.9. The standard InChI is InChI=1S/C25H31F3N2O5/c1-4-9-16-13-18-19(25(26,27)28)14-20(31)35-22(18)17(10-5-2)21(16)34-12-8-6-7-11-30-23(32)15(3)29-24(30)33/h13-14,32H,4-12H2,1-3H3,(H,29,33). The van der Waals surface area contributed by atoms with E-state index in [9.17, 15) is 27.9 Å². The summed E-state index contributed by atoms with van der Waals surface area (Å²) in [5.41, 5.74) is -0.919. The predicted molar refractivity (Wildman–Crippen MR) is 126 cm³/mol. The Bertz CT molecular complexity index is 1290. The minimum Gasteiger partial charge on any atom is -0.493 e. The second-order valence-electron chi connectivity index (χ2n) is 8.64. The predicted octanol–water partition coefficient (Wildman–Crippen LogP) is 5.47. The molecule has 0 radical (unpaired) electrons. The molecular formula is C25H31F3N2O5. The van der Waals surface area contributed by atoms with Crippen molar-refractivity contribution in [3.8, 4) is 11.6 Å². The molecule has 10 heteroatoms. The molecule has 2 heterocycles. The number of hydrogen-bond acceptors (Lipinski definition) is 5. The lowest BCUT2D eigenvalue weighted by Gasteiger charge is -2.19. The van der Waals surface area contributed by atoms with Crippen molar-refractivity contribution in [2.24, 2.45) is 0 Å². The molecule has 7 nitrogen and oxygen atoms in total. The van der Waals surface area contributed by atoms with Crippen molar-refractivity contribution in [2.75, 3.05) is 6.61 Å². The molecule has 0 spiro atoms. The average molecular weight is 497 g/mol. The monoisotopic (exact) mass is 496 g/mol. The first-order valence-electron chi connectivity index (χ1n) is 11.9. The van der Waals surface area contributed by atoms with Crippen molar-refractivity contribution < 1.29 is 27.4 Å². The molecule has 3 aromatic rings. The van der Waals surface area contributed by atoms with E-state index in [1.165, 1.54) is 10.6 Å². The first kappa shape index (κ1) is 26.4. The Morgan fingerprint density at radius 1 is 1.09 bits per heavy atom. The van der Waals surface area contributed by atoms with Gasteiger partial charge in [-0.25, -0.2) is 9.59 Å². The lowest BCUT2D eigenvalue weighted by atomic mass is 9.96. The molecule has 2 aromatic heterocycles. The fraction of sp³-hybridized carbons (Fsp3) is 0.520. The summed E-state index contributed by atoms with van der Waals surface area (Å²) in [6.07, 6.45) is -0.424. The molecule has 3 rings (SSSR count). The number of aromatic hydroxyl groups is 1. The van der Waals surface area contributed by atoms with Crippen LogP contribution in [0.3, 0.4) is 0 Å². The Hall–Kier alpha value is -3.17. The number of nitrogens with zero attached hydrogens (tertiary/aromatic N) is 1. The minimum atomic E-state index is -4.68. The van der Waals surface area contributed by atoms with E-state index in [0.29, 0.717) is 86.7 Å². The van der Waals surface area contributed by atoms with Gasteiger partial charge in [0.2, 0.25) is 5.88 Å². The zero-order valence-corrected chi connectivity index (χ0v) is 20.2. The van der Waals surface area contributed by atoms with Crippen LogP contribution >= 0.6 is 0 Å². The van der Waals surface area contributed by atoms with E-state index in [2.05, 4.69) is 4.98 Å². The number of fused-ring (bicyclic) bond motifs is 1. The highest BCUT2D eigenvalue weighted by atomic mass is 19.4. The van der Waals surface area contributed by atoms with Crippen LogP contribution in [-0.2, 0) is 25.6 Å². The topological polar surface area (TPSA) is 97.5 Å². The van der Waals surface area contributed by atoms with Crippen molar-refractivity contribution in [2.45, 2.75) is 78.4 Å². The molecule has 192 valence electrons. The molecular weight excluding hydrogens is 465 g/mol. The molecule has 2 N–H and O–H groups in total. The third-order valence-electron chi connectivity index (χ3n) is 5.89. The quantitative estimate of drug-likeness (QED) is 0.271. The molecule has 35 heavy (non-hydrogen) atoms. The highest BCUT2D eigenvalue weighted by Crippen LogP contribution is 2.40. The number of hydrogen-bond donors (Lipinski definition) is 2. The smallest absolute Gasteiger partial charge is 0.417 e. The molecule has 1 aromatic carbocycles. The summed E-state index contributed by atoms with van der Waals surface area (Å²) in [4.78, 5) is 26.3. The van der Waals surface area contributed by atoms with Crippen LogP contribution in [0.2, 0.25) is 0 Å². The SMILES string of the molecule is CCCc1cc2c(C(F)(F)F)cc(=O)oc2c(CCC)c1OCCCCCn1c(O)c(C)[nH]c1=O. The summed E-state index contributed by atoms with van der Waals surface area (Å²) in [6, 6.07) is 1.94. The summed E-state index contributed by atoms with van der Waals surface area (Å²) in [5.74, 6) is 0.411. The summed E-state index contributed by atoms with van der Waals surface area (Å²) in [7, 11) is 0. The van der Waals surface area contributed by atoms with Gasteiger partial charge in [0.1, 0.15) is 11.3 Å². The van der Waals surface area contributed by atoms with Gasteiger partial charge in [-0.15, -0.1) is 0 Å². The van der Waals surface area contributed by atoms with Crippen LogP contribution in [0.15, 0.2) is 26.1 Å². The Morgan fingerprint density at radius 3 is 2.40 bits per heavy atom. The van der Waals surface area contributed by atoms with Crippen LogP contribution in [-0.4, -0.2) is 21.3 Å². The second kappa shape index (κ2) is 11.0. The molecule has 0 aliphatic rings. The number of rotatable bonds is 11. The molecule has 0 fully saturated rings. The normalized spacial score (nSPS) is 11.9. The van der Waals surface area contributed by atoms with Gasteiger partial charge in [0, 0.05) is 23.6 Å². The summed E-state index contributed by atoms with van der Waals surface area (Å²) in [6.45, 7) is 6.12. The van der Waals surface area contributed by atoms with Gasteiger partial charge in [0.25, 0.3) is 0 Å². The second-order valence-corrected chi connectivity index (χ2v) is 8.64. The molecule has 0 aliphatic heterocycles. The maximum Gasteiger partial charge on any atom is 0.417 e. The van der Waals surface area contributed by atoms with Crippen molar-refractivity contribution >= 4 is 11.0 Å². The Kier molecular flexibility index (Phi) is 8.34. The molecule has 0 aliphatic carbocycles. The van der Waals surface area contributed by atoms with Gasteiger partial charge in [-0.2, -0.15) is 13.2 Å². The number of nitrogens with one attached hydrogen (secondary N) is 1. The summed E-state index contributed by atoms with van der Waals surface area (Å²) in [5, 5.41) is 9.79. The van der Waals surface area contributed by atoms with Crippen molar-refractivity contribution in [1.82, 2.24) is 9.55 Å². The third kappa shape index (κ3) is 5.91. The summed E-state index contributed by atoms with van der Waals surface area (Å²) >= 11 is 0. The maximum atomic E-state index is 13.7.